The van der Waals surface area contributed by atoms with Gasteiger partial charge in [0.25, 0.3) is 0 Å². The molecular weight excluding hydrogens is 809 g/mol. The van der Waals surface area contributed by atoms with Crippen molar-refractivity contribution < 1.29 is 46.5 Å². The molecule has 4 aliphatic rings. The Morgan fingerprint density at radius 2 is 1.72 bits per heavy atom. The van der Waals surface area contributed by atoms with Gasteiger partial charge in [-0.15, -0.1) is 0 Å². The van der Waals surface area contributed by atoms with Gasteiger partial charge in [0.15, 0.2) is 0 Å². The van der Waals surface area contributed by atoms with E-state index in [9.17, 15) is 27.6 Å². The lowest BCUT2D eigenvalue weighted by atomic mass is 9.59. The summed E-state index contributed by atoms with van der Waals surface area (Å²) in [5.41, 5.74) is 0.878. The van der Waals surface area contributed by atoms with E-state index in [4.69, 9.17) is 30.5 Å². The predicted octanol–water partition coefficient (Wildman–Crippen LogP) is 10.7. The van der Waals surface area contributed by atoms with E-state index in [2.05, 4.69) is 24.9 Å². The summed E-state index contributed by atoms with van der Waals surface area (Å²) in [6.45, 7) is 10.7. The van der Waals surface area contributed by atoms with Gasteiger partial charge in [0.1, 0.15) is 22.6 Å². The number of anilines is 1. The van der Waals surface area contributed by atoms with E-state index in [1.54, 1.807) is 0 Å². The molecule has 1 heterocycles. The number of hydrogen-bond donors (Lipinski definition) is 0. The second-order valence-corrected chi connectivity index (χ2v) is 19.6. The van der Waals surface area contributed by atoms with Crippen molar-refractivity contribution in [2.45, 2.75) is 140 Å². The van der Waals surface area contributed by atoms with Crippen LogP contribution in [0.1, 0.15) is 127 Å². The topological polar surface area (TPSA) is 104 Å². The number of amides is 1. The second-order valence-electron chi connectivity index (χ2n) is 19.2. The van der Waals surface area contributed by atoms with E-state index in [1.165, 1.54) is 29.8 Å². The number of pyridine rings is 1. The molecule has 1 spiro atoms. The van der Waals surface area contributed by atoms with E-state index in [1.807, 2.05) is 45.2 Å². The Balaban J connectivity index is 1.19. The van der Waals surface area contributed by atoms with Crippen LogP contribution in [0.5, 0.6) is 11.5 Å². The lowest BCUT2D eigenvalue weighted by Crippen LogP contribution is -2.63. The van der Waals surface area contributed by atoms with Crippen LogP contribution in [0, 0.1) is 17.3 Å². The average molecular weight is 867 g/mol. The molecule has 0 N–H and O–H groups in total. The summed E-state index contributed by atoms with van der Waals surface area (Å²) in [5.74, 6) is -1.33. The lowest BCUT2D eigenvalue weighted by molar-refractivity contribution is -0.174. The van der Waals surface area contributed by atoms with E-state index in [-0.39, 0.29) is 53.2 Å². The molecule has 2 saturated carbocycles. The number of benzene rings is 2. The maximum atomic E-state index is 14.5. The molecule has 330 valence electrons. The minimum Gasteiger partial charge on any atom is -0.493 e. The molecule has 2 fully saturated rings. The van der Waals surface area contributed by atoms with Crippen LogP contribution < -0.4 is 14.4 Å². The molecule has 0 radical (unpaired) electrons. The highest BCUT2D eigenvalue weighted by Gasteiger charge is 2.60. The molecular formula is C48H58ClF3N2O7. The van der Waals surface area contributed by atoms with Gasteiger partial charge in [-0.3, -0.25) is 19.5 Å². The number of esters is 2. The van der Waals surface area contributed by atoms with Crippen LogP contribution in [0.15, 0.2) is 54.7 Å². The molecule has 0 unspecified atom stereocenters. The van der Waals surface area contributed by atoms with E-state index < -0.39 is 34.6 Å². The molecule has 3 aromatic rings. The quantitative estimate of drug-likeness (QED) is 0.157. The molecule has 13 heteroatoms. The van der Waals surface area contributed by atoms with Crippen LogP contribution in [-0.4, -0.2) is 60.5 Å². The highest BCUT2D eigenvalue weighted by atomic mass is 35.5. The van der Waals surface area contributed by atoms with Crippen LogP contribution in [0.4, 0.5) is 18.9 Å². The number of carbonyl (C=O) groups excluding carboxylic acids is 3. The zero-order valence-corrected chi connectivity index (χ0v) is 36.8. The maximum absolute atomic E-state index is 14.5. The number of fused-ring (bicyclic) bond motifs is 3. The third-order valence-electron chi connectivity index (χ3n) is 13.6. The Morgan fingerprint density at radius 1 is 0.984 bits per heavy atom. The van der Waals surface area contributed by atoms with Gasteiger partial charge in [0, 0.05) is 33.6 Å². The molecule has 0 saturated heterocycles. The first-order valence-electron chi connectivity index (χ1n) is 21.6. The number of methoxy groups -OCH3 is 1. The fraction of sp³-hybridized carbons (Fsp3) is 0.583. The Bertz CT molecular complexity index is 2120. The number of rotatable bonds is 13. The van der Waals surface area contributed by atoms with Crippen molar-refractivity contribution in [3.63, 3.8) is 0 Å². The van der Waals surface area contributed by atoms with Gasteiger partial charge in [-0.25, -0.2) is 4.79 Å². The van der Waals surface area contributed by atoms with Gasteiger partial charge in [-0.05, 0) is 162 Å². The number of carbonyl (C=O) groups is 3. The molecule has 9 nitrogen and oxygen atoms in total. The van der Waals surface area contributed by atoms with E-state index in [0.29, 0.717) is 42.6 Å². The molecule has 61 heavy (non-hydrogen) atoms. The monoisotopic (exact) mass is 866 g/mol. The van der Waals surface area contributed by atoms with Gasteiger partial charge < -0.3 is 18.9 Å². The zero-order valence-electron chi connectivity index (χ0n) is 36.1. The van der Waals surface area contributed by atoms with Gasteiger partial charge in [-0.1, -0.05) is 37.6 Å². The summed E-state index contributed by atoms with van der Waals surface area (Å²) in [5, 5.41) is 0.124. The van der Waals surface area contributed by atoms with Crippen molar-refractivity contribution in [3.8, 4) is 11.5 Å². The summed E-state index contributed by atoms with van der Waals surface area (Å²) >= 11 is 6.27. The fourth-order valence-corrected chi connectivity index (χ4v) is 10.6. The summed E-state index contributed by atoms with van der Waals surface area (Å²) in [4.78, 5) is 45.4. The molecule has 0 aliphatic heterocycles. The number of halogens is 4. The van der Waals surface area contributed by atoms with E-state index in [0.717, 1.165) is 74.6 Å². The summed E-state index contributed by atoms with van der Waals surface area (Å²) in [6.07, 6.45) is 3.51. The number of nitrogens with zero attached hydrogens (tertiary/aromatic N) is 2. The van der Waals surface area contributed by atoms with Crippen molar-refractivity contribution in [2.75, 3.05) is 25.2 Å². The van der Waals surface area contributed by atoms with Gasteiger partial charge >= 0.3 is 24.0 Å². The van der Waals surface area contributed by atoms with Crippen molar-refractivity contribution in [1.29, 1.82) is 0 Å². The van der Waals surface area contributed by atoms with Crippen molar-refractivity contribution in [3.05, 3.63) is 82.1 Å². The maximum Gasteiger partial charge on any atom is 0.471 e. The standard InChI is InChI=1S/C48H58ClF3N2O7/c1-30(28-59-39-15-22-53-38-12-7-9-31(2)41(38)39)23-33-24-32-13-14-36(60-29-45(16-17-45)27-40(55)61-44(3,4)5)26-37(32)46(33)18-20-47(21-19-46,43(57)58-6)54(42(56)48(50,51)52)35-11-8-10-34(49)25-35/h8,10-11,13-15,22,25-26,30-31,33H,7,9,12,16-21,23-24,27-29H2,1-6H3/t30-,31-,33+,46?,47?/m1/s1. The first-order chi connectivity index (χ1) is 28.8. The van der Waals surface area contributed by atoms with Crippen LogP contribution in [0.3, 0.4) is 0 Å². The Kier molecular flexibility index (Phi) is 12.5. The SMILES string of the molecule is COC(=O)C1(N(C(=O)C(F)(F)F)c2cccc(Cl)c2)CCC2(CC1)c1cc(OCC3(CC(=O)OC(C)(C)C)CC3)ccc1C[C@@H]2C[C@@H](C)COc1ccnc2c1[C@H](C)CCC2. The first kappa shape index (κ1) is 44.7. The fourth-order valence-electron chi connectivity index (χ4n) is 10.4. The van der Waals surface area contributed by atoms with Gasteiger partial charge in [0.2, 0.25) is 0 Å². The van der Waals surface area contributed by atoms with Crippen LogP contribution >= 0.6 is 11.6 Å². The molecule has 3 atom stereocenters. The van der Waals surface area contributed by atoms with Gasteiger partial charge in [0.05, 0.1) is 26.7 Å². The van der Waals surface area contributed by atoms with Crippen molar-refractivity contribution in [2.24, 2.45) is 17.3 Å². The third kappa shape index (κ3) is 9.40. The van der Waals surface area contributed by atoms with Crippen LogP contribution in [0.25, 0.3) is 0 Å². The minimum absolute atomic E-state index is 0.0390. The number of hydrogen-bond acceptors (Lipinski definition) is 8. The summed E-state index contributed by atoms with van der Waals surface area (Å²) in [6, 6.07) is 13.6. The van der Waals surface area contributed by atoms with Crippen LogP contribution in [-0.2, 0) is 42.1 Å². The summed E-state index contributed by atoms with van der Waals surface area (Å²) < 4.78 is 67.4. The second kappa shape index (κ2) is 17.1. The number of ether oxygens (including phenoxy) is 4. The van der Waals surface area contributed by atoms with Crippen molar-refractivity contribution >= 4 is 35.1 Å². The minimum atomic E-state index is -5.28. The molecule has 1 amide bonds. The summed E-state index contributed by atoms with van der Waals surface area (Å²) in [7, 11) is 1.14. The third-order valence-corrected chi connectivity index (χ3v) is 13.8. The molecule has 7 rings (SSSR count). The molecule has 0 bridgehead atoms. The number of alkyl halides is 3. The number of aryl methyl sites for hydroxylation is 1. The highest BCUT2D eigenvalue weighted by Crippen LogP contribution is 2.58. The highest BCUT2D eigenvalue weighted by molar-refractivity contribution is 6.31. The molecule has 4 aliphatic carbocycles. The Morgan fingerprint density at radius 3 is 2.38 bits per heavy atom. The zero-order chi connectivity index (χ0) is 44.0. The van der Waals surface area contributed by atoms with Crippen molar-refractivity contribution in [1.82, 2.24) is 4.98 Å². The lowest BCUT2D eigenvalue weighted by Gasteiger charge is -2.51. The Hall–Kier alpha value is -4.32. The largest absolute Gasteiger partial charge is 0.493 e. The van der Waals surface area contributed by atoms with E-state index >= 15 is 0 Å². The predicted molar refractivity (Wildman–Crippen MR) is 226 cm³/mol. The smallest absolute Gasteiger partial charge is 0.471 e. The normalized spacial score (nSPS) is 24.6. The van der Waals surface area contributed by atoms with Gasteiger partial charge in [-0.2, -0.15) is 13.2 Å². The Labute approximate surface area is 362 Å². The first-order valence-corrected chi connectivity index (χ1v) is 22.0. The molecule has 2 aromatic carbocycles. The number of aromatic nitrogens is 1. The average Bonchev–Trinajstić information content (AvgIpc) is 3.90. The van der Waals surface area contributed by atoms with Crippen LogP contribution in [0.2, 0.25) is 5.02 Å². The molecule has 1 aromatic heterocycles.